The van der Waals surface area contributed by atoms with Crippen LogP contribution in [0.1, 0.15) is 0 Å². The Morgan fingerprint density at radius 1 is 1.20 bits per heavy atom. The molecule has 2 heterocycles. The Morgan fingerprint density at radius 2 is 2.07 bits per heavy atom. The predicted octanol–water partition coefficient (Wildman–Crippen LogP) is 1.93. The van der Waals surface area contributed by atoms with Gasteiger partial charge in [0.15, 0.2) is 5.15 Å². The fourth-order valence-electron chi connectivity index (χ4n) is 1.32. The van der Waals surface area contributed by atoms with E-state index in [0.29, 0.717) is 11.0 Å². The van der Waals surface area contributed by atoms with E-state index in [2.05, 4.69) is 19.1 Å². The van der Waals surface area contributed by atoms with Gasteiger partial charge in [-0.15, -0.1) is 5.10 Å². The van der Waals surface area contributed by atoms with Crippen molar-refractivity contribution in [3.63, 3.8) is 0 Å². The molecule has 0 saturated heterocycles. The molecule has 3 rings (SSSR count). The topological polar surface area (TPSA) is 56.5 Å². The van der Waals surface area contributed by atoms with Crippen molar-refractivity contribution in [3.8, 4) is 5.82 Å². The molecule has 1 aromatic carbocycles. The average Bonchev–Trinajstić information content (AvgIpc) is 2.83. The molecule has 0 N–H and O–H groups in total. The number of nitrogens with zero attached hydrogens (tertiary/aromatic N) is 5. The maximum absolute atomic E-state index is 5.88. The number of hydrogen-bond acceptors (Lipinski definition) is 5. The molecule has 5 nitrogen and oxygen atoms in total. The maximum Gasteiger partial charge on any atom is 0.208 e. The molecule has 2 aromatic heterocycles. The number of rotatable bonds is 1. The van der Waals surface area contributed by atoms with Gasteiger partial charge >= 0.3 is 0 Å². The van der Waals surface area contributed by atoms with Crippen LogP contribution in [-0.2, 0) is 0 Å². The number of fused-ring (bicyclic) bond motifs is 1. The second-order valence-corrected chi connectivity index (χ2v) is 3.76. The Bertz CT molecular complexity index is 616. The quantitative estimate of drug-likeness (QED) is 0.649. The van der Waals surface area contributed by atoms with Crippen molar-refractivity contribution in [3.05, 3.63) is 29.4 Å². The average molecular weight is 238 g/mol. The molecule has 0 aliphatic rings. The zero-order valence-corrected chi connectivity index (χ0v) is 8.90. The van der Waals surface area contributed by atoms with Gasteiger partial charge in [-0.25, -0.2) is 0 Å². The summed E-state index contributed by atoms with van der Waals surface area (Å²) in [5.74, 6) is 0.523. The molecule has 15 heavy (non-hydrogen) atoms. The zero-order chi connectivity index (χ0) is 10.3. The fourth-order valence-corrected chi connectivity index (χ4v) is 2.03. The molecule has 0 bridgehead atoms. The zero-order valence-electron chi connectivity index (χ0n) is 7.33. The molecule has 0 radical (unpaired) electrons. The lowest BCUT2D eigenvalue weighted by Gasteiger charge is -1.95. The highest BCUT2D eigenvalue weighted by Gasteiger charge is 2.12. The van der Waals surface area contributed by atoms with Gasteiger partial charge in [0.1, 0.15) is 5.52 Å². The highest BCUT2D eigenvalue weighted by Crippen LogP contribution is 2.20. The highest BCUT2D eigenvalue weighted by atomic mass is 35.5. The smallest absolute Gasteiger partial charge is 0.190 e. The van der Waals surface area contributed by atoms with Crippen LogP contribution in [0.3, 0.4) is 0 Å². The lowest BCUT2D eigenvalue weighted by atomic mass is 10.3. The first-order valence-corrected chi connectivity index (χ1v) is 5.26. The lowest BCUT2D eigenvalue weighted by molar-refractivity contribution is 0.809. The molecule has 0 amide bonds. The van der Waals surface area contributed by atoms with Gasteiger partial charge in [-0.2, -0.15) is 13.4 Å². The Kier molecular flexibility index (Phi) is 1.90. The van der Waals surface area contributed by atoms with Crippen molar-refractivity contribution in [1.29, 1.82) is 0 Å². The number of benzene rings is 1. The summed E-state index contributed by atoms with van der Waals surface area (Å²) < 4.78 is 9.54. The van der Waals surface area contributed by atoms with Gasteiger partial charge in [-0.05, 0) is 12.1 Å². The van der Waals surface area contributed by atoms with E-state index in [1.807, 2.05) is 24.3 Å². The van der Waals surface area contributed by atoms with Crippen LogP contribution in [0, 0.1) is 0 Å². The van der Waals surface area contributed by atoms with E-state index < -0.39 is 0 Å². The van der Waals surface area contributed by atoms with Crippen LogP contribution in [0.25, 0.3) is 16.9 Å². The molecular weight excluding hydrogens is 234 g/mol. The number of para-hydroxylation sites is 1. The third kappa shape index (κ3) is 1.30. The van der Waals surface area contributed by atoms with Crippen LogP contribution in [0.4, 0.5) is 0 Å². The van der Waals surface area contributed by atoms with E-state index in [9.17, 15) is 0 Å². The van der Waals surface area contributed by atoms with Crippen molar-refractivity contribution in [2.24, 2.45) is 0 Å². The first kappa shape index (κ1) is 8.75. The summed E-state index contributed by atoms with van der Waals surface area (Å²) in [5.41, 5.74) is 1.67. The lowest BCUT2D eigenvalue weighted by Crippen LogP contribution is -1.97. The molecule has 0 aliphatic heterocycles. The highest BCUT2D eigenvalue weighted by molar-refractivity contribution is 6.99. The van der Waals surface area contributed by atoms with Gasteiger partial charge in [0.2, 0.25) is 5.82 Å². The molecule has 0 atom stereocenters. The Labute approximate surface area is 93.6 Å². The van der Waals surface area contributed by atoms with Gasteiger partial charge < -0.3 is 0 Å². The van der Waals surface area contributed by atoms with E-state index in [1.165, 1.54) is 0 Å². The summed E-state index contributed by atoms with van der Waals surface area (Å²) in [6.07, 6.45) is 0. The molecule has 0 spiro atoms. The summed E-state index contributed by atoms with van der Waals surface area (Å²) in [5, 5.41) is 8.34. The minimum absolute atomic E-state index is 0.343. The summed E-state index contributed by atoms with van der Waals surface area (Å²) in [6, 6.07) is 7.61. The van der Waals surface area contributed by atoms with E-state index >= 15 is 0 Å². The summed E-state index contributed by atoms with van der Waals surface area (Å²) in [7, 11) is 0. The number of halogens is 1. The molecule has 0 unspecified atom stereocenters. The van der Waals surface area contributed by atoms with Crippen LogP contribution < -0.4 is 0 Å². The fraction of sp³-hybridized carbons (Fsp3) is 0. The Hall–Kier alpha value is -1.53. The van der Waals surface area contributed by atoms with E-state index in [1.54, 1.807) is 4.68 Å². The van der Waals surface area contributed by atoms with Gasteiger partial charge in [0.25, 0.3) is 0 Å². The van der Waals surface area contributed by atoms with Crippen LogP contribution in [0.5, 0.6) is 0 Å². The number of aromatic nitrogens is 5. The van der Waals surface area contributed by atoms with E-state index in [-0.39, 0.29) is 0 Å². The van der Waals surface area contributed by atoms with Gasteiger partial charge in [-0.1, -0.05) is 28.9 Å². The third-order valence-electron chi connectivity index (χ3n) is 1.99. The van der Waals surface area contributed by atoms with Gasteiger partial charge in [-0.3, -0.25) is 0 Å². The van der Waals surface area contributed by atoms with Crippen molar-refractivity contribution in [2.75, 3.05) is 0 Å². The first-order valence-electron chi connectivity index (χ1n) is 4.15. The minimum atomic E-state index is 0.343. The van der Waals surface area contributed by atoms with Crippen molar-refractivity contribution in [1.82, 2.24) is 23.7 Å². The van der Waals surface area contributed by atoms with Crippen LogP contribution in [-0.4, -0.2) is 23.7 Å². The molecule has 0 aliphatic carbocycles. The van der Waals surface area contributed by atoms with Crippen molar-refractivity contribution < 1.29 is 0 Å². The Balaban J connectivity index is 2.32. The molecular formula is C8H4ClN5S. The van der Waals surface area contributed by atoms with Crippen molar-refractivity contribution in [2.45, 2.75) is 0 Å². The molecule has 3 aromatic rings. The van der Waals surface area contributed by atoms with Crippen LogP contribution in [0.2, 0.25) is 5.15 Å². The summed E-state index contributed by atoms with van der Waals surface area (Å²) >= 11 is 6.93. The molecule has 0 fully saturated rings. The van der Waals surface area contributed by atoms with E-state index in [0.717, 1.165) is 22.8 Å². The first-order chi connectivity index (χ1) is 7.36. The third-order valence-corrected chi connectivity index (χ3v) is 2.86. The second-order valence-electron chi connectivity index (χ2n) is 2.87. The monoisotopic (exact) mass is 237 g/mol. The Morgan fingerprint density at radius 3 is 2.87 bits per heavy atom. The maximum atomic E-state index is 5.88. The van der Waals surface area contributed by atoms with Crippen molar-refractivity contribution >= 4 is 34.4 Å². The SMILES string of the molecule is Clc1nsnc1-n1nnc2ccccc21. The summed E-state index contributed by atoms with van der Waals surface area (Å²) in [6.45, 7) is 0. The molecule has 0 saturated carbocycles. The van der Waals surface area contributed by atoms with Crippen LogP contribution >= 0.6 is 23.3 Å². The standard InChI is InChI=1S/C8H4ClN5S/c9-7-8(12-15-11-7)14-6-4-2-1-3-5(6)10-13-14/h1-4H. The number of hydrogen-bond donors (Lipinski definition) is 0. The van der Waals surface area contributed by atoms with Gasteiger partial charge in [0.05, 0.1) is 17.2 Å². The normalized spacial score (nSPS) is 11.0. The summed E-state index contributed by atoms with van der Waals surface area (Å²) in [4.78, 5) is 0. The van der Waals surface area contributed by atoms with E-state index in [4.69, 9.17) is 11.6 Å². The second kappa shape index (κ2) is 3.25. The predicted molar refractivity (Wildman–Crippen MR) is 57.3 cm³/mol. The van der Waals surface area contributed by atoms with Crippen LogP contribution in [0.15, 0.2) is 24.3 Å². The molecule has 74 valence electrons. The minimum Gasteiger partial charge on any atom is -0.190 e. The largest absolute Gasteiger partial charge is 0.208 e. The van der Waals surface area contributed by atoms with Gasteiger partial charge in [0, 0.05) is 0 Å². The molecule has 7 heteroatoms.